The van der Waals surface area contributed by atoms with E-state index in [1.807, 2.05) is 20.8 Å². The Labute approximate surface area is 115 Å². The molecule has 0 amide bonds. The Hall–Kier alpha value is -0.590. The zero-order valence-electron chi connectivity index (χ0n) is 11.5. The molecule has 0 aliphatic rings. The van der Waals surface area contributed by atoms with Crippen LogP contribution in [0.4, 0.5) is 0 Å². The van der Waals surface area contributed by atoms with E-state index in [4.69, 9.17) is 10.1 Å². The van der Waals surface area contributed by atoms with Crippen molar-refractivity contribution in [2.45, 2.75) is 38.8 Å². The molecule has 0 saturated heterocycles. The fourth-order valence-corrected chi connectivity index (χ4v) is 1.57. The summed E-state index contributed by atoms with van der Waals surface area (Å²) in [5.74, 6) is 0.397. The van der Waals surface area contributed by atoms with Crippen LogP contribution in [-0.2, 0) is 9.53 Å². The van der Waals surface area contributed by atoms with Crippen molar-refractivity contribution in [3.63, 3.8) is 0 Å². The van der Waals surface area contributed by atoms with E-state index in [2.05, 4.69) is 23.3 Å². The molecule has 0 aromatic carbocycles. The molecule has 0 rings (SSSR count). The van der Waals surface area contributed by atoms with Gasteiger partial charge in [0.25, 0.3) is 0 Å². The summed E-state index contributed by atoms with van der Waals surface area (Å²) in [7, 11) is 0. The summed E-state index contributed by atoms with van der Waals surface area (Å²) in [6, 6.07) is -0.316. The third kappa shape index (κ3) is 9.44. The molecule has 0 fully saturated rings. The normalized spacial score (nSPS) is 13.1. The van der Waals surface area contributed by atoms with Gasteiger partial charge >= 0.3 is 5.97 Å². The SMILES string of the molecule is CC(C)(C)OC(=O)[C@H](CCS)NCCNCC=N. The van der Waals surface area contributed by atoms with Gasteiger partial charge in [0.15, 0.2) is 0 Å². The van der Waals surface area contributed by atoms with Crippen LogP contribution in [0.25, 0.3) is 0 Å². The van der Waals surface area contributed by atoms with Gasteiger partial charge in [0, 0.05) is 25.8 Å². The Kier molecular flexibility index (Phi) is 9.05. The fourth-order valence-electron chi connectivity index (χ4n) is 1.31. The third-order valence-electron chi connectivity index (χ3n) is 2.05. The highest BCUT2D eigenvalue weighted by Gasteiger charge is 2.23. The zero-order chi connectivity index (χ0) is 14.0. The van der Waals surface area contributed by atoms with Crippen LogP contribution in [0.3, 0.4) is 0 Å². The number of carbonyl (C=O) groups is 1. The predicted molar refractivity (Wildman–Crippen MR) is 77.8 cm³/mol. The maximum Gasteiger partial charge on any atom is 0.323 e. The van der Waals surface area contributed by atoms with E-state index in [0.717, 1.165) is 0 Å². The van der Waals surface area contributed by atoms with Crippen molar-refractivity contribution in [3.8, 4) is 0 Å². The summed E-state index contributed by atoms with van der Waals surface area (Å²) >= 11 is 4.15. The molecule has 0 bridgehead atoms. The van der Waals surface area contributed by atoms with Crippen LogP contribution < -0.4 is 10.6 Å². The smallest absolute Gasteiger partial charge is 0.323 e. The molecule has 3 N–H and O–H groups in total. The molecule has 0 radical (unpaired) electrons. The first-order valence-corrected chi connectivity index (χ1v) is 6.80. The molecule has 0 unspecified atom stereocenters. The van der Waals surface area contributed by atoms with Crippen molar-refractivity contribution in [2.24, 2.45) is 0 Å². The van der Waals surface area contributed by atoms with Crippen LogP contribution in [0.1, 0.15) is 27.2 Å². The molecule has 106 valence electrons. The Bertz CT molecular complexity index is 254. The monoisotopic (exact) mass is 275 g/mol. The van der Waals surface area contributed by atoms with E-state index in [9.17, 15) is 4.79 Å². The van der Waals surface area contributed by atoms with Gasteiger partial charge < -0.3 is 20.8 Å². The van der Waals surface area contributed by atoms with Crippen LogP contribution in [0.15, 0.2) is 0 Å². The van der Waals surface area contributed by atoms with E-state index in [1.165, 1.54) is 6.21 Å². The molecule has 1 atom stereocenters. The largest absolute Gasteiger partial charge is 0.459 e. The molecule has 0 aliphatic heterocycles. The Morgan fingerprint density at radius 1 is 1.44 bits per heavy atom. The minimum Gasteiger partial charge on any atom is -0.459 e. The van der Waals surface area contributed by atoms with Gasteiger partial charge in [0.2, 0.25) is 0 Å². The molecule has 0 aromatic rings. The molecule has 6 heteroatoms. The van der Waals surface area contributed by atoms with Gasteiger partial charge in [-0.25, -0.2) is 0 Å². The number of rotatable bonds is 9. The van der Waals surface area contributed by atoms with Gasteiger partial charge in [-0.05, 0) is 32.9 Å². The second-order valence-corrected chi connectivity index (χ2v) is 5.41. The lowest BCUT2D eigenvalue weighted by atomic mass is 10.1. The quantitative estimate of drug-likeness (QED) is 0.218. The third-order valence-corrected chi connectivity index (χ3v) is 2.31. The second kappa shape index (κ2) is 9.35. The zero-order valence-corrected chi connectivity index (χ0v) is 12.3. The van der Waals surface area contributed by atoms with Gasteiger partial charge in [-0.2, -0.15) is 12.6 Å². The van der Waals surface area contributed by atoms with E-state index >= 15 is 0 Å². The number of esters is 1. The van der Waals surface area contributed by atoms with Crippen LogP contribution in [0.2, 0.25) is 0 Å². The van der Waals surface area contributed by atoms with Crippen molar-refractivity contribution < 1.29 is 9.53 Å². The summed E-state index contributed by atoms with van der Waals surface area (Å²) in [6.07, 6.45) is 1.95. The average molecular weight is 275 g/mol. The summed E-state index contributed by atoms with van der Waals surface area (Å²) in [4.78, 5) is 11.9. The van der Waals surface area contributed by atoms with Gasteiger partial charge in [-0.15, -0.1) is 0 Å². The molecule has 0 aliphatic carbocycles. The van der Waals surface area contributed by atoms with E-state index in [0.29, 0.717) is 31.8 Å². The lowest BCUT2D eigenvalue weighted by Crippen LogP contribution is -2.44. The number of hydrogen-bond acceptors (Lipinski definition) is 6. The Morgan fingerprint density at radius 3 is 2.61 bits per heavy atom. The standard InChI is InChI=1S/C12H25N3O2S/c1-12(2,3)17-11(16)10(4-9-18)15-8-7-14-6-5-13/h5,10,13-15,18H,4,6-9H2,1-3H3/t10-/m0/s1. The molecule has 0 aromatic heterocycles. The minimum absolute atomic E-state index is 0.233. The van der Waals surface area contributed by atoms with Gasteiger partial charge in [0.05, 0.1) is 0 Å². The van der Waals surface area contributed by atoms with Crippen LogP contribution in [0, 0.1) is 5.41 Å². The highest BCUT2D eigenvalue weighted by atomic mass is 32.1. The number of ether oxygens (including phenoxy) is 1. The number of nitrogens with one attached hydrogen (secondary N) is 3. The second-order valence-electron chi connectivity index (χ2n) is 4.96. The average Bonchev–Trinajstić information content (AvgIpc) is 2.25. The van der Waals surface area contributed by atoms with Crippen LogP contribution >= 0.6 is 12.6 Å². The summed E-state index contributed by atoms with van der Waals surface area (Å²) in [5.41, 5.74) is -0.466. The van der Waals surface area contributed by atoms with Crippen molar-refractivity contribution in [1.29, 1.82) is 5.41 Å². The van der Waals surface area contributed by atoms with Gasteiger partial charge in [-0.3, -0.25) is 4.79 Å². The molecular weight excluding hydrogens is 250 g/mol. The number of thiol groups is 1. The van der Waals surface area contributed by atoms with E-state index < -0.39 is 5.60 Å². The van der Waals surface area contributed by atoms with Crippen molar-refractivity contribution >= 4 is 24.8 Å². The minimum atomic E-state index is -0.466. The van der Waals surface area contributed by atoms with E-state index in [1.54, 1.807) is 0 Å². The van der Waals surface area contributed by atoms with Crippen LogP contribution in [-0.4, -0.2) is 49.2 Å². The van der Waals surface area contributed by atoms with Crippen molar-refractivity contribution in [1.82, 2.24) is 10.6 Å². The van der Waals surface area contributed by atoms with Crippen molar-refractivity contribution in [2.75, 3.05) is 25.4 Å². The molecule has 0 heterocycles. The maximum absolute atomic E-state index is 11.9. The van der Waals surface area contributed by atoms with Crippen molar-refractivity contribution in [3.05, 3.63) is 0 Å². The highest BCUT2D eigenvalue weighted by molar-refractivity contribution is 7.80. The fraction of sp³-hybridized carbons (Fsp3) is 0.833. The first-order valence-electron chi connectivity index (χ1n) is 6.17. The van der Waals surface area contributed by atoms with E-state index in [-0.39, 0.29) is 12.0 Å². The van der Waals surface area contributed by atoms with Gasteiger partial charge in [0.1, 0.15) is 11.6 Å². The lowest BCUT2D eigenvalue weighted by molar-refractivity contribution is -0.157. The molecule has 18 heavy (non-hydrogen) atoms. The molecule has 5 nitrogen and oxygen atoms in total. The summed E-state index contributed by atoms with van der Waals surface area (Å²) < 4.78 is 5.34. The summed E-state index contributed by atoms with van der Waals surface area (Å²) in [6.45, 7) is 7.48. The molecular formula is C12H25N3O2S. The van der Waals surface area contributed by atoms with Crippen LogP contribution in [0.5, 0.6) is 0 Å². The topological polar surface area (TPSA) is 74.2 Å². The maximum atomic E-state index is 11.9. The molecule has 0 saturated carbocycles. The first kappa shape index (κ1) is 17.4. The highest BCUT2D eigenvalue weighted by Crippen LogP contribution is 2.09. The summed E-state index contributed by atoms with van der Waals surface area (Å²) in [5, 5.41) is 13.0. The number of hydrogen-bond donors (Lipinski definition) is 4. The molecule has 0 spiro atoms. The lowest BCUT2D eigenvalue weighted by Gasteiger charge is -2.24. The first-order chi connectivity index (χ1) is 8.40. The predicted octanol–water partition coefficient (Wildman–Crippen LogP) is 0.845. The Balaban J connectivity index is 4.04. The number of carbonyl (C=O) groups excluding carboxylic acids is 1. The van der Waals surface area contributed by atoms with Gasteiger partial charge in [-0.1, -0.05) is 0 Å². The Morgan fingerprint density at radius 2 is 2.11 bits per heavy atom.